The molecule has 0 unspecified atom stereocenters. The molecule has 102 valence electrons. The highest BCUT2D eigenvalue weighted by Gasteiger charge is 2.13. The van der Waals surface area contributed by atoms with Crippen molar-refractivity contribution in [2.75, 3.05) is 18.9 Å². The standard InChI is InChI=1S/C13H17N3OS2/c1-8-4-5-10(18-8)12-9(2)19-13(16-12)15-11(17)6-7-14-3/h4-5,14H,6-7H2,1-3H3,(H,15,16,17). The normalized spacial score (nSPS) is 10.7. The van der Waals surface area contributed by atoms with Crippen LogP contribution in [0.2, 0.25) is 0 Å². The molecule has 6 heteroatoms. The second-order valence-corrected chi connectivity index (χ2v) is 6.73. The van der Waals surface area contributed by atoms with Gasteiger partial charge in [-0.05, 0) is 33.0 Å². The van der Waals surface area contributed by atoms with Crippen molar-refractivity contribution in [3.8, 4) is 10.6 Å². The van der Waals surface area contributed by atoms with Gasteiger partial charge in [0, 0.05) is 22.7 Å². The fourth-order valence-electron chi connectivity index (χ4n) is 1.66. The van der Waals surface area contributed by atoms with Crippen LogP contribution in [0.25, 0.3) is 10.6 Å². The lowest BCUT2D eigenvalue weighted by molar-refractivity contribution is -0.116. The predicted octanol–water partition coefficient (Wildman–Crippen LogP) is 3.04. The number of amides is 1. The quantitative estimate of drug-likeness (QED) is 0.891. The number of aromatic nitrogens is 1. The fraction of sp³-hybridized carbons (Fsp3) is 0.385. The van der Waals surface area contributed by atoms with Gasteiger partial charge in [0.05, 0.1) is 10.6 Å². The number of rotatable bonds is 5. The van der Waals surface area contributed by atoms with Crippen molar-refractivity contribution in [1.29, 1.82) is 0 Å². The molecule has 19 heavy (non-hydrogen) atoms. The van der Waals surface area contributed by atoms with Crippen molar-refractivity contribution in [1.82, 2.24) is 10.3 Å². The van der Waals surface area contributed by atoms with Gasteiger partial charge < -0.3 is 10.6 Å². The maximum Gasteiger partial charge on any atom is 0.227 e. The van der Waals surface area contributed by atoms with Gasteiger partial charge in [0.2, 0.25) is 5.91 Å². The molecule has 2 N–H and O–H groups in total. The van der Waals surface area contributed by atoms with Crippen LogP contribution in [0, 0.1) is 13.8 Å². The number of carbonyl (C=O) groups is 1. The number of aryl methyl sites for hydroxylation is 2. The number of thiazole rings is 1. The highest BCUT2D eigenvalue weighted by atomic mass is 32.1. The lowest BCUT2D eigenvalue weighted by Crippen LogP contribution is -2.18. The molecule has 0 aromatic carbocycles. The summed E-state index contributed by atoms with van der Waals surface area (Å²) in [6.07, 6.45) is 0.461. The first-order chi connectivity index (χ1) is 9.10. The van der Waals surface area contributed by atoms with Crippen LogP contribution in [0.3, 0.4) is 0 Å². The van der Waals surface area contributed by atoms with E-state index in [1.807, 2.05) is 14.0 Å². The van der Waals surface area contributed by atoms with E-state index in [9.17, 15) is 4.79 Å². The van der Waals surface area contributed by atoms with Gasteiger partial charge in [-0.1, -0.05) is 0 Å². The largest absolute Gasteiger partial charge is 0.319 e. The first-order valence-corrected chi connectivity index (χ1v) is 7.72. The average Bonchev–Trinajstić information content (AvgIpc) is 2.93. The molecule has 0 spiro atoms. The number of nitrogens with one attached hydrogen (secondary N) is 2. The molecule has 1 amide bonds. The Kier molecular flexibility index (Phi) is 4.68. The third kappa shape index (κ3) is 3.62. The van der Waals surface area contributed by atoms with E-state index in [0.717, 1.165) is 15.4 Å². The monoisotopic (exact) mass is 295 g/mol. The Hall–Kier alpha value is -1.24. The Morgan fingerprint density at radius 3 is 2.74 bits per heavy atom. The van der Waals surface area contributed by atoms with Gasteiger partial charge in [-0.3, -0.25) is 4.79 Å². The highest BCUT2D eigenvalue weighted by molar-refractivity contribution is 7.18. The van der Waals surface area contributed by atoms with Gasteiger partial charge in [-0.15, -0.1) is 22.7 Å². The first kappa shape index (κ1) is 14.2. The van der Waals surface area contributed by atoms with Gasteiger partial charge >= 0.3 is 0 Å². The van der Waals surface area contributed by atoms with Crippen molar-refractivity contribution < 1.29 is 4.79 Å². The summed E-state index contributed by atoms with van der Waals surface area (Å²) < 4.78 is 0. The van der Waals surface area contributed by atoms with Gasteiger partial charge in [0.25, 0.3) is 0 Å². The molecule has 0 aliphatic heterocycles. The molecule has 0 aliphatic rings. The fourth-order valence-corrected chi connectivity index (χ4v) is 3.48. The van der Waals surface area contributed by atoms with E-state index in [1.54, 1.807) is 11.3 Å². The van der Waals surface area contributed by atoms with Crippen molar-refractivity contribution in [3.05, 3.63) is 21.9 Å². The molecule has 0 aliphatic carbocycles. The van der Waals surface area contributed by atoms with Crippen molar-refractivity contribution in [2.45, 2.75) is 20.3 Å². The number of hydrogen-bond acceptors (Lipinski definition) is 5. The Labute approximate surface area is 120 Å². The lowest BCUT2D eigenvalue weighted by atomic mass is 10.3. The lowest BCUT2D eigenvalue weighted by Gasteiger charge is -2.00. The summed E-state index contributed by atoms with van der Waals surface area (Å²) in [5, 5.41) is 6.48. The molecule has 2 heterocycles. The van der Waals surface area contributed by atoms with Crippen LogP contribution in [0.4, 0.5) is 5.13 Å². The van der Waals surface area contributed by atoms with Crippen LogP contribution in [0.15, 0.2) is 12.1 Å². The van der Waals surface area contributed by atoms with Crippen molar-refractivity contribution >= 4 is 33.7 Å². The minimum atomic E-state index is -0.00277. The summed E-state index contributed by atoms with van der Waals surface area (Å²) >= 11 is 3.25. The molecule has 0 radical (unpaired) electrons. The van der Waals surface area contributed by atoms with Crippen molar-refractivity contribution in [2.24, 2.45) is 0 Å². The number of anilines is 1. The Morgan fingerprint density at radius 2 is 2.11 bits per heavy atom. The van der Waals surface area contributed by atoms with Crippen LogP contribution in [0.5, 0.6) is 0 Å². The van der Waals surface area contributed by atoms with Gasteiger partial charge in [0.1, 0.15) is 0 Å². The molecule has 0 atom stereocenters. The van der Waals surface area contributed by atoms with Gasteiger partial charge in [-0.2, -0.15) is 0 Å². The molecule has 4 nitrogen and oxygen atoms in total. The molecule has 0 saturated heterocycles. The smallest absolute Gasteiger partial charge is 0.227 e. The van der Waals surface area contributed by atoms with E-state index in [-0.39, 0.29) is 5.91 Å². The molecular formula is C13H17N3OS2. The van der Waals surface area contributed by atoms with Gasteiger partial charge in [0.15, 0.2) is 5.13 Å². The van der Waals surface area contributed by atoms with Crippen molar-refractivity contribution in [3.63, 3.8) is 0 Å². The number of hydrogen-bond donors (Lipinski definition) is 2. The summed E-state index contributed by atoms with van der Waals surface area (Å²) in [5.41, 5.74) is 0.979. The van der Waals surface area contributed by atoms with Crippen LogP contribution in [0.1, 0.15) is 16.2 Å². The van der Waals surface area contributed by atoms with Crippen LogP contribution in [-0.4, -0.2) is 24.5 Å². The van der Waals surface area contributed by atoms with E-state index in [0.29, 0.717) is 18.1 Å². The zero-order chi connectivity index (χ0) is 13.8. The molecule has 0 saturated carbocycles. The zero-order valence-electron chi connectivity index (χ0n) is 11.2. The Balaban J connectivity index is 2.11. The van der Waals surface area contributed by atoms with E-state index < -0.39 is 0 Å². The summed E-state index contributed by atoms with van der Waals surface area (Å²) in [6, 6.07) is 4.17. The van der Waals surface area contributed by atoms with Crippen LogP contribution >= 0.6 is 22.7 Å². The number of nitrogens with zero attached hydrogens (tertiary/aromatic N) is 1. The molecule has 0 bridgehead atoms. The minimum Gasteiger partial charge on any atom is -0.319 e. The van der Waals surface area contributed by atoms with Crippen LogP contribution < -0.4 is 10.6 Å². The highest BCUT2D eigenvalue weighted by Crippen LogP contribution is 2.34. The third-order valence-corrected chi connectivity index (χ3v) is 4.51. The van der Waals surface area contributed by atoms with E-state index in [2.05, 4.69) is 34.7 Å². The topological polar surface area (TPSA) is 54.0 Å². The van der Waals surface area contributed by atoms with Gasteiger partial charge in [-0.25, -0.2) is 4.98 Å². The Bertz CT molecular complexity index is 574. The Morgan fingerprint density at radius 1 is 1.32 bits per heavy atom. The second-order valence-electron chi connectivity index (χ2n) is 4.24. The first-order valence-electron chi connectivity index (χ1n) is 6.09. The summed E-state index contributed by atoms with van der Waals surface area (Å²) in [5.74, 6) is -0.00277. The maximum absolute atomic E-state index is 11.7. The number of carbonyl (C=O) groups excluding carboxylic acids is 1. The zero-order valence-corrected chi connectivity index (χ0v) is 12.9. The maximum atomic E-state index is 11.7. The molecule has 2 rings (SSSR count). The number of thiophene rings is 1. The third-order valence-electron chi connectivity index (χ3n) is 2.62. The summed E-state index contributed by atoms with van der Waals surface area (Å²) in [6.45, 7) is 4.79. The molecular weight excluding hydrogens is 278 g/mol. The second kappa shape index (κ2) is 6.27. The summed E-state index contributed by atoms with van der Waals surface area (Å²) in [4.78, 5) is 19.7. The minimum absolute atomic E-state index is 0.00277. The molecule has 0 fully saturated rings. The average molecular weight is 295 g/mol. The SMILES string of the molecule is CNCCC(=O)Nc1nc(-c2ccc(C)s2)c(C)s1. The summed E-state index contributed by atoms with van der Waals surface area (Å²) in [7, 11) is 1.83. The van der Waals surface area contributed by atoms with E-state index >= 15 is 0 Å². The van der Waals surface area contributed by atoms with E-state index in [1.165, 1.54) is 16.2 Å². The predicted molar refractivity (Wildman–Crippen MR) is 82.1 cm³/mol. The molecule has 2 aromatic rings. The van der Waals surface area contributed by atoms with E-state index in [4.69, 9.17) is 0 Å². The molecule has 2 aromatic heterocycles. The van der Waals surface area contributed by atoms with Crippen LogP contribution in [-0.2, 0) is 4.79 Å².